The third kappa shape index (κ3) is 2.29. The predicted molar refractivity (Wildman–Crippen MR) is 58.2 cm³/mol. The van der Waals surface area contributed by atoms with E-state index < -0.39 is 0 Å². The lowest BCUT2D eigenvalue weighted by molar-refractivity contribution is 0.0342. The van der Waals surface area contributed by atoms with Crippen molar-refractivity contribution >= 4 is 0 Å². The molecular weight excluding hydrogens is 174 g/mol. The molecule has 1 aliphatic heterocycles. The van der Waals surface area contributed by atoms with Gasteiger partial charge in [-0.3, -0.25) is 0 Å². The SMILES string of the molecule is NC1(C2CCOCC2)CCCCCC1. The average Bonchev–Trinajstić information content (AvgIpc) is 2.46. The lowest BCUT2D eigenvalue weighted by Crippen LogP contribution is -2.48. The van der Waals surface area contributed by atoms with Crippen LogP contribution in [-0.4, -0.2) is 18.8 Å². The first-order valence-corrected chi connectivity index (χ1v) is 6.18. The van der Waals surface area contributed by atoms with E-state index in [1.165, 1.54) is 51.4 Å². The van der Waals surface area contributed by atoms with E-state index in [4.69, 9.17) is 10.5 Å². The van der Waals surface area contributed by atoms with Crippen LogP contribution < -0.4 is 5.73 Å². The molecule has 0 amide bonds. The lowest BCUT2D eigenvalue weighted by atomic mass is 9.75. The summed E-state index contributed by atoms with van der Waals surface area (Å²) in [6.45, 7) is 1.87. The van der Waals surface area contributed by atoms with Gasteiger partial charge < -0.3 is 10.5 Å². The van der Waals surface area contributed by atoms with Gasteiger partial charge in [-0.2, -0.15) is 0 Å². The normalized spacial score (nSPS) is 29.8. The second-order valence-electron chi connectivity index (χ2n) is 5.03. The Kier molecular flexibility index (Phi) is 3.45. The van der Waals surface area contributed by atoms with Crippen LogP contribution in [0.5, 0.6) is 0 Å². The molecule has 82 valence electrons. The van der Waals surface area contributed by atoms with Crippen molar-refractivity contribution in [2.24, 2.45) is 11.7 Å². The van der Waals surface area contributed by atoms with E-state index in [1.807, 2.05) is 0 Å². The van der Waals surface area contributed by atoms with Gasteiger partial charge in [-0.05, 0) is 31.6 Å². The molecule has 0 spiro atoms. The Morgan fingerprint density at radius 2 is 1.50 bits per heavy atom. The molecule has 2 N–H and O–H groups in total. The Labute approximate surface area is 87.2 Å². The third-order valence-corrected chi connectivity index (χ3v) is 4.07. The van der Waals surface area contributed by atoms with Crippen LogP contribution >= 0.6 is 0 Å². The van der Waals surface area contributed by atoms with Gasteiger partial charge in [0.15, 0.2) is 0 Å². The maximum absolute atomic E-state index is 6.58. The van der Waals surface area contributed by atoms with Crippen molar-refractivity contribution in [1.29, 1.82) is 0 Å². The first-order valence-electron chi connectivity index (χ1n) is 6.18. The van der Waals surface area contributed by atoms with Gasteiger partial charge in [-0.15, -0.1) is 0 Å². The summed E-state index contributed by atoms with van der Waals surface area (Å²) in [5, 5.41) is 0. The van der Waals surface area contributed by atoms with Crippen molar-refractivity contribution < 1.29 is 4.74 Å². The van der Waals surface area contributed by atoms with Crippen LogP contribution in [0.25, 0.3) is 0 Å². The van der Waals surface area contributed by atoms with Crippen molar-refractivity contribution in [2.45, 2.75) is 56.9 Å². The minimum atomic E-state index is 0.153. The molecule has 2 nitrogen and oxygen atoms in total. The fraction of sp³-hybridized carbons (Fsp3) is 1.00. The molecule has 1 aliphatic carbocycles. The molecule has 1 saturated carbocycles. The second-order valence-corrected chi connectivity index (χ2v) is 5.03. The summed E-state index contributed by atoms with van der Waals surface area (Å²) in [5.74, 6) is 0.731. The molecule has 0 bridgehead atoms. The highest BCUT2D eigenvalue weighted by Crippen LogP contribution is 2.36. The summed E-state index contributed by atoms with van der Waals surface area (Å²) in [5.41, 5.74) is 6.73. The minimum absolute atomic E-state index is 0.153. The first-order chi connectivity index (χ1) is 6.81. The molecule has 0 unspecified atom stereocenters. The zero-order valence-corrected chi connectivity index (χ0v) is 9.13. The predicted octanol–water partition coefficient (Wildman–Crippen LogP) is 2.46. The Hall–Kier alpha value is -0.0800. The summed E-state index contributed by atoms with van der Waals surface area (Å²) >= 11 is 0. The summed E-state index contributed by atoms with van der Waals surface area (Å²) in [4.78, 5) is 0. The molecule has 2 fully saturated rings. The molecule has 1 saturated heterocycles. The number of hydrogen-bond donors (Lipinski definition) is 1. The third-order valence-electron chi connectivity index (χ3n) is 4.07. The Balaban J connectivity index is 1.96. The van der Waals surface area contributed by atoms with Crippen LogP contribution in [0, 0.1) is 5.92 Å². The maximum atomic E-state index is 6.58. The van der Waals surface area contributed by atoms with Crippen LogP contribution in [0.2, 0.25) is 0 Å². The molecule has 0 aromatic rings. The van der Waals surface area contributed by atoms with Gasteiger partial charge in [-0.1, -0.05) is 25.7 Å². The van der Waals surface area contributed by atoms with Gasteiger partial charge in [0, 0.05) is 18.8 Å². The molecule has 1 heterocycles. The number of nitrogens with two attached hydrogens (primary N) is 1. The molecule has 14 heavy (non-hydrogen) atoms. The van der Waals surface area contributed by atoms with E-state index in [1.54, 1.807) is 0 Å². The standard InChI is InChI=1S/C12H23NO/c13-12(7-3-1-2-4-8-12)11-5-9-14-10-6-11/h11H,1-10,13H2. The minimum Gasteiger partial charge on any atom is -0.381 e. The molecule has 0 aromatic heterocycles. The largest absolute Gasteiger partial charge is 0.381 e. The molecule has 2 aliphatic rings. The second kappa shape index (κ2) is 4.63. The van der Waals surface area contributed by atoms with Crippen molar-refractivity contribution in [3.05, 3.63) is 0 Å². The monoisotopic (exact) mass is 197 g/mol. The lowest BCUT2D eigenvalue weighted by Gasteiger charge is -2.39. The van der Waals surface area contributed by atoms with Crippen LogP contribution in [0.3, 0.4) is 0 Å². The van der Waals surface area contributed by atoms with Gasteiger partial charge in [0.1, 0.15) is 0 Å². The van der Waals surface area contributed by atoms with Crippen LogP contribution in [0.4, 0.5) is 0 Å². The van der Waals surface area contributed by atoms with Crippen molar-refractivity contribution in [1.82, 2.24) is 0 Å². The van der Waals surface area contributed by atoms with E-state index >= 15 is 0 Å². The van der Waals surface area contributed by atoms with E-state index in [2.05, 4.69) is 0 Å². The summed E-state index contributed by atoms with van der Waals surface area (Å²) < 4.78 is 5.41. The average molecular weight is 197 g/mol. The fourth-order valence-electron chi connectivity index (χ4n) is 3.07. The Morgan fingerprint density at radius 1 is 0.929 bits per heavy atom. The quantitative estimate of drug-likeness (QED) is 0.655. The molecule has 0 aromatic carbocycles. The highest BCUT2D eigenvalue weighted by atomic mass is 16.5. The number of hydrogen-bond acceptors (Lipinski definition) is 2. The zero-order chi connectivity index (χ0) is 9.86. The van der Waals surface area contributed by atoms with Crippen LogP contribution in [-0.2, 0) is 4.74 Å². The van der Waals surface area contributed by atoms with Crippen molar-refractivity contribution in [3.8, 4) is 0 Å². The summed E-state index contributed by atoms with van der Waals surface area (Å²) in [6, 6.07) is 0. The van der Waals surface area contributed by atoms with Gasteiger partial charge >= 0.3 is 0 Å². The number of ether oxygens (including phenoxy) is 1. The summed E-state index contributed by atoms with van der Waals surface area (Å²) in [6.07, 6.45) is 10.3. The zero-order valence-electron chi connectivity index (χ0n) is 9.13. The Morgan fingerprint density at radius 3 is 2.07 bits per heavy atom. The van der Waals surface area contributed by atoms with Crippen molar-refractivity contribution in [3.63, 3.8) is 0 Å². The first kappa shape index (κ1) is 10.4. The highest BCUT2D eigenvalue weighted by Gasteiger charge is 2.35. The van der Waals surface area contributed by atoms with E-state index in [-0.39, 0.29) is 5.54 Å². The van der Waals surface area contributed by atoms with Crippen LogP contribution in [0.15, 0.2) is 0 Å². The van der Waals surface area contributed by atoms with E-state index in [0.29, 0.717) is 0 Å². The van der Waals surface area contributed by atoms with Crippen molar-refractivity contribution in [2.75, 3.05) is 13.2 Å². The summed E-state index contributed by atoms with van der Waals surface area (Å²) in [7, 11) is 0. The molecular formula is C12H23NO. The van der Waals surface area contributed by atoms with E-state index in [9.17, 15) is 0 Å². The van der Waals surface area contributed by atoms with Gasteiger partial charge in [0.2, 0.25) is 0 Å². The maximum Gasteiger partial charge on any atom is 0.0469 e. The molecule has 2 heteroatoms. The van der Waals surface area contributed by atoms with Crippen LogP contribution in [0.1, 0.15) is 51.4 Å². The molecule has 0 atom stereocenters. The fourth-order valence-corrected chi connectivity index (χ4v) is 3.07. The van der Waals surface area contributed by atoms with E-state index in [0.717, 1.165) is 19.1 Å². The topological polar surface area (TPSA) is 35.2 Å². The van der Waals surface area contributed by atoms with Gasteiger partial charge in [-0.25, -0.2) is 0 Å². The molecule has 2 rings (SSSR count). The van der Waals surface area contributed by atoms with Gasteiger partial charge in [0.25, 0.3) is 0 Å². The smallest absolute Gasteiger partial charge is 0.0469 e. The number of rotatable bonds is 1. The van der Waals surface area contributed by atoms with Gasteiger partial charge in [0.05, 0.1) is 0 Å². The highest BCUT2D eigenvalue weighted by molar-refractivity contribution is 4.93. The Bertz CT molecular complexity index is 167. The molecule has 0 radical (unpaired) electrons.